The Balaban J connectivity index is 1.72. The fourth-order valence-electron chi connectivity index (χ4n) is 3.44. The molecule has 0 atom stereocenters. The maximum absolute atomic E-state index is 11.2. The predicted octanol–water partition coefficient (Wildman–Crippen LogP) is 5.30. The van der Waals surface area contributed by atoms with Crippen LogP contribution in [0.4, 0.5) is 5.82 Å². The summed E-state index contributed by atoms with van der Waals surface area (Å²) in [5, 5.41) is 13.6. The maximum atomic E-state index is 11.2. The summed E-state index contributed by atoms with van der Waals surface area (Å²) in [5.41, 5.74) is 3.15. The number of methoxy groups -OCH3 is 2. The molecule has 8 heteroatoms. The van der Waals surface area contributed by atoms with Crippen LogP contribution >= 0.6 is 11.3 Å². The second kappa shape index (κ2) is 8.84. The summed E-state index contributed by atoms with van der Waals surface area (Å²) in [6.07, 6.45) is 0. The van der Waals surface area contributed by atoms with Crippen LogP contribution < -0.4 is 14.8 Å². The number of aromatic carboxylic acids is 1. The number of hydrogen-bond donors (Lipinski definition) is 2. The maximum Gasteiger partial charge on any atom is 0.335 e. The molecule has 0 spiro atoms. The molecular weight excluding hydrogens is 426 g/mol. The number of carboxylic acids is 1. The number of hydrogen-bond acceptors (Lipinski definition) is 7. The largest absolute Gasteiger partial charge is 0.493 e. The Bertz CT molecular complexity index is 1300. The van der Waals surface area contributed by atoms with E-state index in [4.69, 9.17) is 24.5 Å². The molecule has 0 aliphatic rings. The highest BCUT2D eigenvalue weighted by atomic mass is 32.1. The minimum atomic E-state index is -0.963. The van der Waals surface area contributed by atoms with Crippen molar-refractivity contribution in [2.24, 2.45) is 0 Å². The van der Waals surface area contributed by atoms with Crippen LogP contribution in [-0.4, -0.2) is 35.3 Å². The standard InChI is InChI=1S/C24H23N3O4S/c1-13-14(2)32-23-20(13)22(25-12-15-5-10-18(30-3)19(11-15)31-4)26-21(27-23)16-6-8-17(9-7-16)24(28)29/h5-11H,12H2,1-4H3,(H,28,29)(H,25,26,27). The molecule has 2 N–H and O–H groups in total. The lowest BCUT2D eigenvalue weighted by atomic mass is 10.1. The van der Waals surface area contributed by atoms with E-state index in [0.29, 0.717) is 23.9 Å². The Kier molecular flexibility index (Phi) is 5.96. The first-order valence-corrected chi connectivity index (χ1v) is 10.8. The first-order valence-electron chi connectivity index (χ1n) is 9.97. The van der Waals surface area contributed by atoms with Crippen molar-refractivity contribution in [2.45, 2.75) is 20.4 Å². The van der Waals surface area contributed by atoms with E-state index < -0.39 is 5.97 Å². The first kappa shape index (κ1) is 21.6. The van der Waals surface area contributed by atoms with Crippen molar-refractivity contribution < 1.29 is 19.4 Å². The molecule has 0 fully saturated rings. The number of ether oxygens (including phenoxy) is 2. The monoisotopic (exact) mass is 449 g/mol. The van der Waals surface area contributed by atoms with Crippen LogP contribution in [0.3, 0.4) is 0 Å². The van der Waals surface area contributed by atoms with Crippen LogP contribution in [0.2, 0.25) is 0 Å². The molecule has 0 radical (unpaired) electrons. The van der Waals surface area contributed by atoms with Gasteiger partial charge >= 0.3 is 5.97 Å². The van der Waals surface area contributed by atoms with Gasteiger partial charge in [0, 0.05) is 17.0 Å². The summed E-state index contributed by atoms with van der Waals surface area (Å²) in [6.45, 7) is 4.68. The Hall–Kier alpha value is -3.65. The summed E-state index contributed by atoms with van der Waals surface area (Å²) in [6, 6.07) is 12.4. The van der Waals surface area contributed by atoms with Crippen molar-refractivity contribution in [3.05, 3.63) is 64.0 Å². The Labute approximate surface area is 189 Å². The third-order valence-electron chi connectivity index (χ3n) is 5.33. The van der Waals surface area contributed by atoms with Crippen LogP contribution in [0.1, 0.15) is 26.4 Å². The topological polar surface area (TPSA) is 93.6 Å². The highest BCUT2D eigenvalue weighted by Gasteiger charge is 2.16. The number of carboxylic acid groups (broad SMARTS) is 1. The van der Waals surface area contributed by atoms with Crippen molar-refractivity contribution in [1.82, 2.24) is 9.97 Å². The van der Waals surface area contributed by atoms with Crippen molar-refractivity contribution >= 4 is 33.3 Å². The van der Waals surface area contributed by atoms with Crippen LogP contribution in [0.15, 0.2) is 42.5 Å². The zero-order chi connectivity index (χ0) is 22.8. The predicted molar refractivity (Wildman–Crippen MR) is 126 cm³/mol. The average Bonchev–Trinajstić information content (AvgIpc) is 3.10. The number of rotatable bonds is 7. The van der Waals surface area contributed by atoms with E-state index in [1.807, 2.05) is 18.2 Å². The summed E-state index contributed by atoms with van der Waals surface area (Å²) >= 11 is 1.62. The van der Waals surface area contributed by atoms with Crippen molar-refractivity contribution in [3.63, 3.8) is 0 Å². The lowest BCUT2D eigenvalue weighted by Gasteiger charge is -2.12. The molecule has 0 bridgehead atoms. The number of aromatic nitrogens is 2. The summed E-state index contributed by atoms with van der Waals surface area (Å²) in [5.74, 6) is 1.67. The number of nitrogens with one attached hydrogen (secondary N) is 1. The third-order valence-corrected chi connectivity index (χ3v) is 6.43. The normalized spacial score (nSPS) is 10.9. The molecule has 164 valence electrons. The van der Waals surface area contributed by atoms with E-state index in [2.05, 4.69) is 19.2 Å². The number of carbonyl (C=O) groups is 1. The molecule has 2 heterocycles. The average molecular weight is 450 g/mol. The number of thiophene rings is 1. The van der Waals surface area contributed by atoms with Gasteiger partial charge < -0.3 is 19.9 Å². The first-order chi connectivity index (χ1) is 15.4. The molecule has 32 heavy (non-hydrogen) atoms. The summed E-state index contributed by atoms with van der Waals surface area (Å²) in [4.78, 5) is 22.8. The fourth-order valence-corrected chi connectivity index (χ4v) is 4.47. The summed E-state index contributed by atoms with van der Waals surface area (Å²) in [7, 11) is 3.22. The Morgan fingerprint density at radius 1 is 1.03 bits per heavy atom. The van der Waals surface area contributed by atoms with Gasteiger partial charge in [-0.2, -0.15) is 0 Å². The molecule has 4 rings (SSSR count). The van der Waals surface area contributed by atoms with Crippen LogP contribution in [-0.2, 0) is 6.54 Å². The van der Waals surface area contributed by atoms with Crippen LogP contribution in [0, 0.1) is 13.8 Å². The number of aryl methyl sites for hydroxylation is 2. The minimum absolute atomic E-state index is 0.226. The molecule has 0 amide bonds. The van der Waals surface area contributed by atoms with Gasteiger partial charge in [0.2, 0.25) is 0 Å². The fraction of sp³-hybridized carbons (Fsp3) is 0.208. The van der Waals surface area contributed by atoms with Gasteiger partial charge in [0.1, 0.15) is 10.6 Å². The molecule has 2 aromatic carbocycles. The zero-order valence-electron chi connectivity index (χ0n) is 18.2. The van der Waals surface area contributed by atoms with Crippen molar-refractivity contribution in [2.75, 3.05) is 19.5 Å². The second-order valence-corrected chi connectivity index (χ2v) is 8.49. The zero-order valence-corrected chi connectivity index (χ0v) is 19.0. The van der Waals surface area contributed by atoms with Gasteiger partial charge in [-0.05, 0) is 49.2 Å². The van der Waals surface area contributed by atoms with Crippen molar-refractivity contribution in [3.8, 4) is 22.9 Å². The molecule has 0 unspecified atom stereocenters. The second-order valence-electron chi connectivity index (χ2n) is 7.28. The molecule has 4 aromatic rings. The van der Waals surface area contributed by atoms with Gasteiger partial charge in [-0.1, -0.05) is 18.2 Å². The van der Waals surface area contributed by atoms with E-state index in [-0.39, 0.29) is 5.56 Å². The minimum Gasteiger partial charge on any atom is -0.493 e. The van der Waals surface area contributed by atoms with Crippen molar-refractivity contribution in [1.29, 1.82) is 0 Å². The van der Waals surface area contributed by atoms with E-state index >= 15 is 0 Å². The lowest BCUT2D eigenvalue weighted by Crippen LogP contribution is -2.05. The van der Waals surface area contributed by atoms with Gasteiger partial charge in [-0.3, -0.25) is 0 Å². The van der Waals surface area contributed by atoms with Crippen LogP contribution in [0.25, 0.3) is 21.6 Å². The number of benzene rings is 2. The molecule has 0 saturated carbocycles. The molecule has 7 nitrogen and oxygen atoms in total. The molecule has 0 saturated heterocycles. The SMILES string of the molecule is COc1ccc(CNc2nc(-c3ccc(C(=O)O)cc3)nc3sc(C)c(C)c23)cc1OC. The van der Waals surface area contributed by atoms with Gasteiger partial charge in [0.05, 0.1) is 25.2 Å². The number of fused-ring (bicyclic) bond motifs is 1. The molecule has 2 aromatic heterocycles. The molecular formula is C24H23N3O4S. The third kappa shape index (κ3) is 4.09. The van der Waals surface area contributed by atoms with E-state index in [1.165, 1.54) is 4.88 Å². The quantitative estimate of drug-likeness (QED) is 0.395. The molecule has 0 aliphatic heterocycles. The highest BCUT2D eigenvalue weighted by molar-refractivity contribution is 7.18. The van der Waals surface area contributed by atoms with Gasteiger partial charge in [0.25, 0.3) is 0 Å². The van der Waals surface area contributed by atoms with E-state index in [0.717, 1.165) is 32.7 Å². The highest BCUT2D eigenvalue weighted by Crippen LogP contribution is 2.35. The van der Waals surface area contributed by atoms with E-state index in [9.17, 15) is 4.79 Å². The van der Waals surface area contributed by atoms with Gasteiger partial charge in [0.15, 0.2) is 17.3 Å². The molecule has 0 aliphatic carbocycles. The van der Waals surface area contributed by atoms with Gasteiger partial charge in [-0.25, -0.2) is 14.8 Å². The van der Waals surface area contributed by atoms with Crippen LogP contribution in [0.5, 0.6) is 11.5 Å². The number of nitrogens with zero attached hydrogens (tertiary/aromatic N) is 2. The number of anilines is 1. The smallest absolute Gasteiger partial charge is 0.335 e. The Morgan fingerprint density at radius 2 is 1.75 bits per heavy atom. The van der Waals surface area contributed by atoms with Gasteiger partial charge in [-0.15, -0.1) is 11.3 Å². The lowest BCUT2D eigenvalue weighted by molar-refractivity contribution is 0.0697. The van der Waals surface area contributed by atoms with E-state index in [1.54, 1.807) is 49.8 Å². The summed E-state index contributed by atoms with van der Waals surface area (Å²) < 4.78 is 10.7. The Morgan fingerprint density at radius 3 is 2.41 bits per heavy atom.